The Hall–Kier alpha value is -1.23. The first kappa shape index (κ1) is 15.2. The van der Waals surface area contributed by atoms with E-state index < -0.39 is 5.82 Å². The van der Waals surface area contributed by atoms with Crippen LogP contribution in [-0.2, 0) is 4.79 Å². The highest BCUT2D eigenvalue weighted by Crippen LogP contribution is 2.28. The van der Waals surface area contributed by atoms with Gasteiger partial charge >= 0.3 is 0 Å². The van der Waals surface area contributed by atoms with E-state index >= 15 is 0 Å². The molecule has 0 atom stereocenters. The molecule has 1 aliphatic carbocycles. The number of rotatable bonds is 6. The summed E-state index contributed by atoms with van der Waals surface area (Å²) >= 11 is 1.84. The van der Waals surface area contributed by atoms with Crippen molar-refractivity contribution >= 4 is 29.0 Å². The lowest BCUT2D eigenvalue weighted by molar-refractivity contribution is -0.115. The number of carbonyl (C=O) groups excluding carboxylic acids is 1. The number of amides is 1. The number of hydrogen-bond acceptors (Lipinski definition) is 3. The number of nitrogens with two attached hydrogens (primary N) is 1. The zero-order valence-corrected chi connectivity index (χ0v) is 12.3. The third kappa shape index (κ3) is 4.71. The Morgan fingerprint density at radius 1 is 1.40 bits per heavy atom. The standard InChI is InChI=1S/C15H21FN2OS/c16-12-5-6-14(13(17)9-12)18-15(19)7-8-20-10-11-3-1-2-4-11/h5-6,9,11H,1-4,7-8,10,17H2,(H,18,19). The van der Waals surface area contributed by atoms with E-state index in [0.29, 0.717) is 12.1 Å². The minimum Gasteiger partial charge on any atom is -0.397 e. The Morgan fingerprint density at radius 2 is 2.15 bits per heavy atom. The van der Waals surface area contributed by atoms with Crippen molar-refractivity contribution in [3.8, 4) is 0 Å². The first-order valence-corrected chi connectivity index (χ1v) is 8.23. The summed E-state index contributed by atoms with van der Waals surface area (Å²) in [7, 11) is 0. The Labute approximate surface area is 123 Å². The maximum atomic E-state index is 12.9. The quantitative estimate of drug-likeness (QED) is 0.622. The fourth-order valence-corrected chi connectivity index (χ4v) is 3.62. The molecule has 0 aliphatic heterocycles. The summed E-state index contributed by atoms with van der Waals surface area (Å²) in [5.74, 6) is 2.36. The Kier molecular flexibility index (Phi) is 5.71. The van der Waals surface area contributed by atoms with Gasteiger partial charge < -0.3 is 11.1 Å². The highest BCUT2D eigenvalue weighted by atomic mass is 32.2. The minimum absolute atomic E-state index is 0.0674. The second-order valence-electron chi connectivity index (χ2n) is 5.26. The van der Waals surface area contributed by atoms with Gasteiger partial charge in [-0.15, -0.1) is 0 Å². The van der Waals surface area contributed by atoms with Crippen molar-refractivity contribution < 1.29 is 9.18 Å². The van der Waals surface area contributed by atoms with Gasteiger partial charge in [0.05, 0.1) is 11.4 Å². The van der Waals surface area contributed by atoms with Gasteiger partial charge in [-0.2, -0.15) is 11.8 Å². The first-order valence-electron chi connectivity index (χ1n) is 7.08. The molecule has 1 saturated carbocycles. The van der Waals surface area contributed by atoms with Crippen LogP contribution in [-0.4, -0.2) is 17.4 Å². The molecule has 0 heterocycles. The molecule has 0 saturated heterocycles. The molecular weight excluding hydrogens is 275 g/mol. The van der Waals surface area contributed by atoms with Gasteiger partial charge in [-0.1, -0.05) is 12.8 Å². The molecule has 20 heavy (non-hydrogen) atoms. The van der Waals surface area contributed by atoms with Gasteiger partial charge in [0.15, 0.2) is 0 Å². The highest BCUT2D eigenvalue weighted by molar-refractivity contribution is 7.99. The molecule has 1 amide bonds. The van der Waals surface area contributed by atoms with E-state index in [1.54, 1.807) is 0 Å². The molecule has 0 radical (unpaired) electrons. The highest BCUT2D eigenvalue weighted by Gasteiger charge is 2.14. The van der Waals surface area contributed by atoms with Crippen molar-refractivity contribution in [1.29, 1.82) is 0 Å². The summed E-state index contributed by atoms with van der Waals surface area (Å²) in [6, 6.07) is 4.00. The summed E-state index contributed by atoms with van der Waals surface area (Å²) in [5, 5.41) is 2.72. The van der Waals surface area contributed by atoms with Crippen LogP contribution in [0.1, 0.15) is 32.1 Å². The van der Waals surface area contributed by atoms with Crippen molar-refractivity contribution in [3.63, 3.8) is 0 Å². The lowest BCUT2D eigenvalue weighted by Crippen LogP contribution is -2.14. The fraction of sp³-hybridized carbons (Fsp3) is 0.533. The molecular formula is C15H21FN2OS. The number of halogens is 1. The predicted octanol–water partition coefficient (Wildman–Crippen LogP) is 3.66. The van der Waals surface area contributed by atoms with E-state index in [1.807, 2.05) is 11.8 Å². The van der Waals surface area contributed by atoms with Crippen molar-refractivity contribution in [3.05, 3.63) is 24.0 Å². The van der Waals surface area contributed by atoms with Crippen LogP contribution in [0.15, 0.2) is 18.2 Å². The molecule has 5 heteroatoms. The van der Waals surface area contributed by atoms with E-state index in [4.69, 9.17) is 5.73 Å². The van der Waals surface area contributed by atoms with Crippen LogP contribution in [0.3, 0.4) is 0 Å². The maximum Gasteiger partial charge on any atom is 0.225 e. The summed E-state index contributed by atoms with van der Waals surface area (Å²) in [5.41, 5.74) is 6.39. The Morgan fingerprint density at radius 3 is 2.85 bits per heavy atom. The molecule has 2 rings (SSSR count). The van der Waals surface area contributed by atoms with Crippen LogP contribution in [0, 0.1) is 11.7 Å². The molecule has 1 aromatic rings. The maximum absolute atomic E-state index is 12.9. The van der Waals surface area contributed by atoms with Gasteiger partial charge in [-0.3, -0.25) is 4.79 Å². The lowest BCUT2D eigenvalue weighted by Gasteiger charge is -2.09. The molecule has 1 fully saturated rings. The van der Waals surface area contributed by atoms with E-state index in [2.05, 4.69) is 5.32 Å². The molecule has 0 spiro atoms. The monoisotopic (exact) mass is 296 g/mol. The zero-order valence-electron chi connectivity index (χ0n) is 11.5. The number of thioether (sulfide) groups is 1. The Bertz CT molecular complexity index is 461. The van der Waals surface area contributed by atoms with Crippen molar-refractivity contribution in [2.24, 2.45) is 5.92 Å². The molecule has 110 valence electrons. The molecule has 3 N–H and O–H groups in total. The second-order valence-corrected chi connectivity index (χ2v) is 6.40. The van der Waals surface area contributed by atoms with Crippen LogP contribution in [0.25, 0.3) is 0 Å². The number of carbonyl (C=O) groups is 1. The van der Waals surface area contributed by atoms with Crippen LogP contribution in [0.5, 0.6) is 0 Å². The van der Waals surface area contributed by atoms with Crippen molar-refractivity contribution in [2.45, 2.75) is 32.1 Å². The second kappa shape index (κ2) is 7.53. The van der Waals surface area contributed by atoms with Crippen molar-refractivity contribution in [2.75, 3.05) is 22.6 Å². The minimum atomic E-state index is -0.396. The first-order chi connectivity index (χ1) is 9.65. The Balaban J connectivity index is 1.67. The van der Waals surface area contributed by atoms with Gasteiger partial charge in [0.2, 0.25) is 5.91 Å². The summed E-state index contributed by atoms with van der Waals surface area (Å²) in [6.07, 6.45) is 5.86. The number of anilines is 2. The van der Waals surface area contributed by atoms with E-state index in [0.717, 1.165) is 17.4 Å². The third-order valence-electron chi connectivity index (χ3n) is 3.59. The van der Waals surface area contributed by atoms with Crippen molar-refractivity contribution in [1.82, 2.24) is 0 Å². The molecule has 0 unspecified atom stereocenters. The van der Waals surface area contributed by atoms with Gasteiger partial charge in [0, 0.05) is 12.2 Å². The van der Waals surface area contributed by atoms with E-state index in [1.165, 1.54) is 43.9 Å². The van der Waals surface area contributed by atoms with Gasteiger partial charge in [-0.25, -0.2) is 4.39 Å². The summed E-state index contributed by atoms with van der Waals surface area (Å²) in [6.45, 7) is 0. The lowest BCUT2D eigenvalue weighted by atomic mass is 10.1. The number of nitrogens with one attached hydrogen (secondary N) is 1. The van der Waals surface area contributed by atoms with Crippen LogP contribution < -0.4 is 11.1 Å². The topological polar surface area (TPSA) is 55.1 Å². The molecule has 1 aromatic carbocycles. The van der Waals surface area contributed by atoms with Crippen LogP contribution in [0.2, 0.25) is 0 Å². The third-order valence-corrected chi connectivity index (χ3v) is 4.79. The summed E-state index contributed by atoms with van der Waals surface area (Å²) in [4.78, 5) is 11.8. The largest absolute Gasteiger partial charge is 0.397 e. The van der Waals surface area contributed by atoms with E-state index in [9.17, 15) is 9.18 Å². The predicted molar refractivity (Wildman–Crippen MR) is 83.3 cm³/mol. The summed E-state index contributed by atoms with van der Waals surface area (Å²) < 4.78 is 12.9. The fourth-order valence-electron chi connectivity index (χ4n) is 2.45. The molecule has 3 nitrogen and oxygen atoms in total. The molecule has 0 bridgehead atoms. The van der Waals surface area contributed by atoms with Gasteiger partial charge in [-0.05, 0) is 42.7 Å². The number of hydrogen-bond donors (Lipinski definition) is 2. The smallest absolute Gasteiger partial charge is 0.225 e. The average molecular weight is 296 g/mol. The van der Waals surface area contributed by atoms with Crippen LogP contribution in [0.4, 0.5) is 15.8 Å². The van der Waals surface area contributed by atoms with Gasteiger partial charge in [0.1, 0.15) is 5.82 Å². The van der Waals surface area contributed by atoms with E-state index in [-0.39, 0.29) is 11.6 Å². The van der Waals surface area contributed by atoms with Crippen LogP contribution >= 0.6 is 11.8 Å². The normalized spacial score (nSPS) is 15.4. The SMILES string of the molecule is Nc1cc(F)ccc1NC(=O)CCSCC1CCCC1. The molecule has 0 aromatic heterocycles. The molecule has 1 aliphatic rings. The average Bonchev–Trinajstić information content (AvgIpc) is 2.91. The van der Waals surface area contributed by atoms with Gasteiger partial charge in [0.25, 0.3) is 0 Å². The number of nitrogen functional groups attached to an aromatic ring is 1. The zero-order chi connectivity index (χ0) is 14.4. The number of benzene rings is 1.